The highest BCUT2D eigenvalue weighted by atomic mass is 14.9. The Kier molecular flexibility index (Phi) is 1.93. The van der Waals surface area contributed by atoms with E-state index in [9.17, 15) is 0 Å². The minimum atomic E-state index is 0.949. The van der Waals surface area contributed by atoms with Gasteiger partial charge in [-0.25, -0.2) is 0 Å². The molecule has 0 radical (unpaired) electrons. The van der Waals surface area contributed by atoms with Crippen molar-refractivity contribution in [1.29, 1.82) is 0 Å². The van der Waals surface area contributed by atoms with E-state index < -0.39 is 0 Å². The summed E-state index contributed by atoms with van der Waals surface area (Å²) in [6, 6.07) is 0. The molecule has 25 heavy (non-hydrogen) atoms. The molecular weight excluding hydrogens is 300 g/mol. The molecule has 9 saturated carbocycles. The van der Waals surface area contributed by atoms with Crippen LogP contribution in [0, 0.1) is 94.2 Å². The zero-order valence-corrected chi connectivity index (χ0v) is 15.8. The van der Waals surface area contributed by atoms with Gasteiger partial charge in [0.15, 0.2) is 0 Å². The smallest absolute Gasteiger partial charge is 0.0227 e. The van der Waals surface area contributed by atoms with Crippen LogP contribution in [0.25, 0.3) is 0 Å². The average molecular weight is 335 g/mol. The zero-order chi connectivity index (χ0) is 15.8. The lowest BCUT2D eigenvalue weighted by atomic mass is 9.23. The monoisotopic (exact) mass is 334 g/mol. The van der Waals surface area contributed by atoms with Crippen molar-refractivity contribution in [2.24, 2.45) is 94.2 Å². The molecule has 9 fully saturated rings. The second-order valence-corrected chi connectivity index (χ2v) is 12.8. The van der Waals surface area contributed by atoms with E-state index in [1.54, 1.807) is 38.5 Å². The van der Waals surface area contributed by atoms with Crippen molar-refractivity contribution < 1.29 is 0 Å². The second kappa shape index (κ2) is 3.65. The highest BCUT2D eigenvalue weighted by molar-refractivity contribution is 5.37. The molecule has 0 nitrogen and oxygen atoms in total. The topological polar surface area (TPSA) is 0 Å². The van der Waals surface area contributed by atoms with E-state index in [1.807, 2.05) is 0 Å². The third-order valence-corrected chi connectivity index (χ3v) is 13.4. The largest absolute Gasteiger partial charge is 0.0654 e. The third kappa shape index (κ3) is 1.01. The Morgan fingerprint density at radius 1 is 0.680 bits per heavy atom. The zero-order valence-electron chi connectivity index (χ0n) is 15.8. The van der Waals surface area contributed by atoms with E-state index >= 15 is 0 Å². The summed E-state index contributed by atoms with van der Waals surface area (Å²) < 4.78 is 0. The van der Waals surface area contributed by atoms with Crippen molar-refractivity contribution in [2.45, 2.75) is 58.3 Å². The van der Waals surface area contributed by atoms with E-state index in [-0.39, 0.29) is 0 Å². The molecule has 0 heteroatoms. The normalized spacial score (nSPS) is 78.4. The van der Waals surface area contributed by atoms with Gasteiger partial charge in [0, 0.05) is 0 Å². The van der Waals surface area contributed by atoms with Gasteiger partial charge >= 0.3 is 0 Å². The van der Waals surface area contributed by atoms with E-state index in [0.29, 0.717) is 0 Å². The Balaban J connectivity index is 1.20. The molecule has 16 unspecified atom stereocenters. The van der Waals surface area contributed by atoms with Crippen molar-refractivity contribution in [3.8, 4) is 0 Å². The summed E-state index contributed by atoms with van der Waals surface area (Å²) in [6.07, 6.45) is 13.1. The fourth-order valence-electron chi connectivity index (χ4n) is 13.5. The van der Waals surface area contributed by atoms with Gasteiger partial charge in [-0.05, 0) is 126 Å². The van der Waals surface area contributed by atoms with Crippen LogP contribution >= 0.6 is 0 Å². The van der Waals surface area contributed by atoms with Crippen molar-refractivity contribution in [3.05, 3.63) is 0 Å². The van der Waals surface area contributed by atoms with Gasteiger partial charge in [0.1, 0.15) is 0 Å². The fraction of sp³-hybridized carbons (Fsp3) is 1.00. The quantitative estimate of drug-likeness (QED) is 0.597. The Morgan fingerprint density at radius 3 is 2.48 bits per heavy atom. The first-order valence-electron chi connectivity index (χ1n) is 12.3. The summed E-state index contributed by atoms with van der Waals surface area (Å²) in [5, 5.41) is 0. The number of rotatable bonds is 4. The van der Waals surface area contributed by atoms with Crippen LogP contribution < -0.4 is 0 Å². The molecule has 0 aliphatic heterocycles. The van der Waals surface area contributed by atoms with E-state index in [0.717, 1.165) is 5.41 Å². The van der Waals surface area contributed by atoms with Gasteiger partial charge in [-0.3, -0.25) is 0 Å². The molecule has 0 aromatic rings. The van der Waals surface area contributed by atoms with Gasteiger partial charge in [0.05, 0.1) is 0 Å². The minimum Gasteiger partial charge on any atom is -0.0654 e. The lowest BCUT2D eigenvalue weighted by Gasteiger charge is -2.81. The van der Waals surface area contributed by atoms with Crippen LogP contribution in [0.4, 0.5) is 0 Å². The van der Waals surface area contributed by atoms with Crippen LogP contribution in [-0.4, -0.2) is 0 Å². The average Bonchev–Trinajstić information content (AvgIpc) is 2.91. The van der Waals surface area contributed by atoms with Crippen molar-refractivity contribution in [3.63, 3.8) is 0 Å². The summed E-state index contributed by atoms with van der Waals surface area (Å²) in [6.45, 7) is 2.40. The van der Waals surface area contributed by atoms with Crippen LogP contribution in [0.3, 0.4) is 0 Å². The Bertz CT molecular complexity index is 690. The molecule has 0 amide bonds. The minimum absolute atomic E-state index is 0.949. The van der Waals surface area contributed by atoms with Crippen LogP contribution in [0.1, 0.15) is 58.3 Å². The van der Waals surface area contributed by atoms with Gasteiger partial charge in [-0.1, -0.05) is 26.2 Å². The van der Waals surface area contributed by atoms with Gasteiger partial charge in [-0.15, -0.1) is 0 Å². The molecule has 0 aromatic carbocycles. The maximum absolute atomic E-state index is 2.40. The molecule has 9 rings (SSSR count). The van der Waals surface area contributed by atoms with Crippen LogP contribution in [0.2, 0.25) is 0 Å². The number of unbranched alkanes of at least 4 members (excludes halogenated alkanes) is 2. The predicted octanol–water partition coefficient (Wildman–Crippen LogP) is 5.48. The molecule has 0 heterocycles. The molecule has 134 valence electrons. The van der Waals surface area contributed by atoms with Gasteiger partial charge in [0.2, 0.25) is 0 Å². The summed E-state index contributed by atoms with van der Waals surface area (Å²) >= 11 is 0. The molecule has 0 aromatic heterocycles. The Hall–Kier alpha value is 0. The summed E-state index contributed by atoms with van der Waals surface area (Å²) in [4.78, 5) is 0. The van der Waals surface area contributed by atoms with Gasteiger partial charge in [0.25, 0.3) is 0 Å². The summed E-state index contributed by atoms with van der Waals surface area (Å²) in [5.41, 5.74) is 0.949. The molecular formula is C25H34. The molecule has 16 atom stereocenters. The predicted molar refractivity (Wildman–Crippen MR) is 97.4 cm³/mol. The van der Waals surface area contributed by atoms with E-state index in [2.05, 4.69) is 6.92 Å². The number of hydrogen-bond donors (Lipinski definition) is 0. The maximum atomic E-state index is 2.40. The summed E-state index contributed by atoms with van der Waals surface area (Å²) in [7, 11) is 0. The first-order chi connectivity index (χ1) is 12.3. The summed E-state index contributed by atoms with van der Waals surface area (Å²) in [5.74, 6) is 18.8. The second-order valence-electron chi connectivity index (χ2n) is 12.8. The molecule has 9 aliphatic carbocycles. The van der Waals surface area contributed by atoms with Crippen LogP contribution in [0.5, 0.6) is 0 Å². The number of fused-ring (bicyclic) bond motifs is 5. The fourth-order valence-corrected chi connectivity index (χ4v) is 13.5. The van der Waals surface area contributed by atoms with Gasteiger partial charge < -0.3 is 0 Å². The molecule has 1 spiro atoms. The lowest BCUT2D eigenvalue weighted by molar-refractivity contribution is -0.343. The first-order valence-corrected chi connectivity index (χ1v) is 12.3. The lowest BCUT2D eigenvalue weighted by Crippen LogP contribution is -2.77. The van der Waals surface area contributed by atoms with Gasteiger partial charge in [-0.2, -0.15) is 0 Å². The Labute approximate surface area is 152 Å². The molecule has 5 bridgehead atoms. The van der Waals surface area contributed by atoms with Crippen molar-refractivity contribution in [2.75, 3.05) is 0 Å². The molecule has 0 saturated heterocycles. The molecule has 9 aliphatic rings. The van der Waals surface area contributed by atoms with Crippen LogP contribution in [-0.2, 0) is 0 Å². The standard InChI is InChI=1S/C25H34/c1-2-3-4-5-10-17-12-6-13-18(10)21-19(13)22-20-15-9-25(24(20)23(21)22)8-14(17)11(12)7-16(15)25/h10-24H,2-9H2,1H3. The van der Waals surface area contributed by atoms with Crippen LogP contribution in [0.15, 0.2) is 0 Å². The van der Waals surface area contributed by atoms with E-state index in [1.165, 1.54) is 102 Å². The first kappa shape index (κ1) is 13.2. The van der Waals surface area contributed by atoms with E-state index in [4.69, 9.17) is 0 Å². The number of hydrogen-bond acceptors (Lipinski definition) is 0. The molecule has 0 N–H and O–H groups in total. The SMILES string of the molecule is CCCCCC1C2C3CC4C1C1C4C4C5C6CC7(CC2C3CC67)C5C14. The van der Waals surface area contributed by atoms with Crippen molar-refractivity contribution >= 4 is 0 Å². The highest BCUT2D eigenvalue weighted by Crippen LogP contribution is 2.94. The Morgan fingerprint density at radius 2 is 1.56 bits per heavy atom. The third-order valence-electron chi connectivity index (χ3n) is 13.4. The van der Waals surface area contributed by atoms with Crippen molar-refractivity contribution in [1.82, 2.24) is 0 Å². The maximum Gasteiger partial charge on any atom is -0.0227 e. The highest BCUT2D eigenvalue weighted by Gasteiger charge is 2.89.